The molecule has 0 bridgehead atoms. The third-order valence-corrected chi connectivity index (χ3v) is 6.09. The minimum atomic E-state index is 0.726. The molecule has 3 heteroatoms. The molecule has 0 heterocycles. The van der Waals surface area contributed by atoms with Crippen molar-refractivity contribution in [1.82, 2.24) is 0 Å². The van der Waals surface area contributed by atoms with Gasteiger partial charge in [0.2, 0.25) is 0 Å². The molecule has 1 nitrogen and oxygen atoms in total. The number of unbranched alkanes of at least 4 members (excludes halogenated alkanes) is 2. The summed E-state index contributed by atoms with van der Waals surface area (Å²) in [6.45, 7) is 2.97. The van der Waals surface area contributed by atoms with Gasteiger partial charge in [-0.1, -0.05) is 61.5 Å². The lowest BCUT2D eigenvalue weighted by Gasteiger charge is -2.17. The van der Waals surface area contributed by atoms with Crippen molar-refractivity contribution in [3.05, 3.63) is 99.1 Å². The van der Waals surface area contributed by atoms with Gasteiger partial charge in [0.05, 0.1) is 6.61 Å². The van der Waals surface area contributed by atoms with E-state index in [2.05, 4.69) is 108 Å². The fourth-order valence-electron chi connectivity index (χ4n) is 3.58. The molecule has 0 fully saturated rings. The minimum absolute atomic E-state index is 0.726. The van der Waals surface area contributed by atoms with E-state index in [0.29, 0.717) is 0 Å². The molecule has 3 rings (SSSR count). The molecule has 0 N–H and O–H groups in total. The lowest BCUT2D eigenvalue weighted by Crippen LogP contribution is -1.98. The predicted octanol–water partition coefficient (Wildman–Crippen LogP) is 8.45. The molecule has 0 radical (unpaired) electrons. The minimum Gasteiger partial charge on any atom is -0.494 e. The molecule has 0 aliphatic carbocycles. The van der Waals surface area contributed by atoms with Crippen molar-refractivity contribution in [2.75, 3.05) is 12.5 Å². The number of halogens is 2. The van der Waals surface area contributed by atoms with Crippen molar-refractivity contribution >= 4 is 45.3 Å². The van der Waals surface area contributed by atoms with Crippen molar-refractivity contribution in [2.45, 2.75) is 32.6 Å². The van der Waals surface area contributed by atoms with Gasteiger partial charge < -0.3 is 4.74 Å². The summed E-state index contributed by atoms with van der Waals surface area (Å²) in [5.74, 6) is 1.65. The Labute approximate surface area is 199 Å². The van der Waals surface area contributed by atoms with Crippen molar-refractivity contribution in [3.63, 3.8) is 0 Å². The highest BCUT2D eigenvalue weighted by molar-refractivity contribution is 14.1. The number of hydrogen-bond acceptors (Lipinski definition) is 1. The summed E-state index contributed by atoms with van der Waals surface area (Å²) in [6.07, 6.45) is 4.16. The van der Waals surface area contributed by atoms with E-state index >= 15 is 0 Å². The molecule has 0 unspecified atom stereocenters. The van der Waals surface area contributed by atoms with Crippen LogP contribution in [0.1, 0.15) is 49.3 Å². The van der Waals surface area contributed by atoms with Gasteiger partial charge in [-0.25, -0.2) is 0 Å². The first-order valence-corrected chi connectivity index (χ1v) is 12.2. The number of rotatable bonds is 10. The van der Waals surface area contributed by atoms with Crippen LogP contribution in [0.25, 0.3) is 11.1 Å². The Morgan fingerprint density at radius 3 is 2.00 bits per heavy atom. The van der Waals surface area contributed by atoms with E-state index < -0.39 is 0 Å². The maximum absolute atomic E-state index is 5.92. The summed E-state index contributed by atoms with van der Waals surface area (Å²) in [4.78, 5) is 0. The van der Waals surface area contributed by atoms with Crippen molar-refractivity contribution in [3.8, 4) is 5.75 Å². The normalized spacial score (nSPS) is 11.8. The first-order chi connectivity index (χ1) is 14.7. The van der Waals surface area contributed by atoms with E-state index in [9.17, 15) is 0 Å². The Bertz CT molecular complexity index is 931. The maximum atomic E-state index is 5.92. The van der Waals surface area contributed by atoms with Crippen LogP contribution in [0.2, 0.25) is 0 Å². The molecule has 0 spiro atoms. The summed E-state index contributed by atoms with van der Waals surface area (Å²) < 4.78 is 7.16. The first-order valence-electron chi connectivity index (χ1n) is 10.6. The SMILES string of the molecule is CCC(=C(c1ccc(I)cc1)c1ccc(OCCCCCCl)cc1)c1ccccc1. The van der Waals surface area contributed by atoms with Crippen LogP contribution in [-0.4, -0.2) is 12.5 Å². The molecular formula is C27H28ClIO. The van der Waals surface area contributed by atoms with Crippen LogP contribution in [0.3, 0.4) is 0 Å². The van der Waals surface area contributed by atoms with Crippen LogP contribution in [0.5, 0.6) is 5.75 Å². The highest BCUT2D eigenvalue weighted by Crippen LogP contribution is 2.35. The number of allylic oxidation sites excluding steroid dienone is 1. The number of ether oxygens (including phenoxy) is 1. The standard InChI is InChI=1S/C27H28ClIO/c1-2-26(21-9-5-3-6-10-21)27(22-11-15-24(29)16-12-22)23-13-17-25(18-14-23)30-20-8-4-7-19-28/h3,5-6,9-18H,2,4,7-8,19-20H2,1H3. The Morgan fingerprint density at radius 2 is 1.40 bits per heavy atom. The van der Waals surface area contributed by atoms with Crippen molar-refractivity contribution in [1.29, 1.82) is 0 Å². The summed E-state index contributed by atoms with van der Waals surface area (Å²) >= 11 is 8.10. The third kappa shape index (κ3) is 6.36. The van der Waals surface area contributed by atoms with Gasteiger partial charge in [-0.05, 0) is 100 Å². The third-order valence-electron chi connectivity index (χ3n) is 5.10. The van der Waals surface area contributed by atoms with Crippen LogP contribution in [0, 0.1) is 3.57 Å². The van der Waals surface area contributed by atoms with Crippen LogP contribution >= 0.6 is 34.2 Å². The van der Waals surface area contributed by atoms with Gasteiger partial charge in [-0.2, -0.15) is 0 Å². The Kier molecular flexibility index (Phi) is 9.28. The topological polar surface area (TPSA) is 9.23 Å². The summed E-state index contributed by atoms with van der Waals surface area (Å²) in [6, 6.07) is 28.0. The lowest BCUT2D eigenvalue weighted by molar-refractivity contribution is 0.306. The molecule has 0 saturated carbocycles. The average molecular weight is 531 g/mol. The molecule has 0 saturated heterocycles. The zero-order chi connectivity index (χ0) is 21.2. The van der Waals surface area contributed by atoms with Gasteiger partial charge in [0.1, 0.15) is 5.75 Å². The smallest absolute Gasteiger partial charge is 0.119 e. The van der Waals surface area contributed by atoms with Gasteiger partial charge in [-0.15, -0.1) is 11.6 Å². The number of hydrogen-bond donors (Lipinski definition) is 0. The second-order valence-corrected chi connectivity index (χ2v) is 8.83. The molecule has 30 heavy (non-hydrogen) atoms. The molecule has 0 atom stereocenters. The quantitative estimate of drug-likeness (QED) is 0.111. The van der Waals surface area contributed by atoms with Crippen LogP contribution in [0.15, 0.2) is 78.9 Å². The second kappa shape index (κ2) is 12.2. The summed E-state index contributed by atoms with van der Waals surface area (Å²) in [7, 11) is 0. The fraction of sp³-hybridized carbons (Fsp3) is 0.259. The summed E-state index contributed by atoms with van der Waals surface area (Å²) in [5, 5.41) is 0. The largest absolute Gasteiger partial charge is 0.494 e. The summed E-state index contributed by atoms with van der Waals surface area (Å²) in [5.41, 5.74) is 6.37. The zero-order valence-electron chi connectivity index (χ0n) is 17.4. The van der Waals surface area contributed by atoms with Gasteiger partial charge in [-0.3, -0.25) is 0 Å². The monoisotopic (exact) mass is 530 g/mol. The van der Waals surface area contributed by atoms with E-state index in [1.165, 1.54) is 31.4 Å². The number of alkyl halides is 1. The molecule has 156 valence electrons. The van der Waals surface area contributed by atoms with Crippen molar-refractivity contribution in [2.24, 2.45) is 0 Å². The maximum Gasteiger partial charge on any atom is 0.119 e. The Balaban J connectivity index is 1.93. The first kappa shape index (κ1) is 22.9. The van der Waals surface area contributed by atoms with Crippen molar-refractivity contribution < 1.29 is 4.74 Å². The van der Waals surface area contributed by atoms with E-state index in [1.54, 1.807) is 0 Å². The van der Waals surface area contributed by atoms with Gasteiger partial charge in [0.25, 0.3) is 0 Å². The van der Waals surface area contributed by atoms with Gasteiger partial charge >= 0.3 is 0 Å². The molecule has 3 aromatic rings. The lowest BCUT2D eigenvalue weighted by atomic mass is 9.88. The highest BCUT2D eigenvalue weighted by atomic mass is 127. The van der Waals surface area contributed by atoms with E-state index in [4.69, 9.17) is 16.3 Å². The van der Waals surface area contributed by atoms with Crippen LogP contribution < -0.4 is 4.74 Å². The van der Waals surface area contributed by atoms with Crippen LogP contribution in [0.4, 0.5) is 0 Å². The van der Waals surface area contributed by atoms with Gasteiger partial charge in [0, 0.05) is 9.45 Å². The Hall–Kier alpha value is -1.78. The Morgan fingerprint density at radius 1 is 0.767 bits per heavy atom. The van der Waals surface area contributed by atoms with E-state index in [0.717, 1.165) is 43.9 Å². The average Bonchev–Trinajstić information content (AvgIpc) is 2.79. The molecule has 0 amide bonds. The van der Waals surface area contributed by atoms with E-state index in [-0.39, 0.29) is 0 Å². The predicted molar refractivity (Wildman–Crippen MR) is 138 cm³/mol. The molecule has 0 aliphatic heterocycles. The second-order valence-electron chi connectivity index (χ2n) is 7.20. The van der Waals surface area contributed by atoms with Gasteiger partial charge in [0.15, 0.2) is 0 Å². The molecular weight excluding hydrogens is 503 g/mol. The molecule has 3 aromatic carbocycles. The fourth-order valence-corrected chi connectivity index (χ4v) is 4.13. The molecule has 0 aromatic heterocycles. The van der Waals surface area contributed by atoms with E-state index in [1.807, 2.05) is 0 Å². The zero-order valence-corrected chi connectivity index (χ0v) is 20.3. The van der Waals surface area contributed by atoms with Crippen LogP contribution in [-0.2, 0) is 0 Å². The highest BCUT2D eigenvalue weighted by Gasteiger charge is 2.13. The molecule has 0 aliphatic rings. The number of benzene rings is 3.